The first-order valence-corrected chi connectivity index (χ1v) is 12.6. The number of ketones is 1. The highest BCUT2D eigenvalue weighted by molar-refractivity contribution is 6.34. The second-order valence-corrected chi connectivity index (χ2v) is 9.09. The summed E-state index contributed by atoms with van der Waals surface area (Å²) in [6, 6.07) is 26.2. The number of Topliss-reactive ketones (excluding diaryl/α,β-unsaturated/α-hetero) is 1. The molecule has 4 rings (SSSR count). The molecule has 4 aromatic carbocycles. The third kappa shape index (κ3) is 8.79. The van der Waals surface area contributed by atoms with Crippen LogP contribution < -0.4 is 14.2 Å². The van der Waals surface area contributed by atoms with Crippen LogP contribution in [0.5, 0.6) is 28.7 Å². The van der Waals surface area contributed by atoms with Gasteiger partial charge in [0.1, 0.15) is 28.7 Å². The van der Waals surface area contributed by atoms with Crippen molar-refractivity contribution in [2.45, 2.75) is 25.2 Å². The molecular formula is C32H26O9. The average molecular weight is 555 g/mol. The molecular weight excluding hydrogens is 528 g/mol. The van der Waals surface area contributed by atoms with Crippen LogP contribution in [0, 0.1) is 0 Å². The number of ether oxygens (including phenoxy) is 3. The summed E-state index contributed by atoms with van der Waals surface area (Å²) in [7, 11) is 0. The lowest BCUT2D eigenvalue weighted by Gasteiger charge is -2.16. The van der Waals surface area contributed by atoms with Gasteiger partial charge >= 0.3 is 17.9 Å². The van der Waals surface area contributed by atoms with E-state index in [1.807, 2.05) is 6.07 Å². The van der Waals surface area contributed by atoms with Crippen molar-refractivity contribution in [1.82, 2.24) is 0 Å². The van der Waals surface area contributed by atoms with Crippen molar-refractivity contribution in [1.29, 1.82) is 0 Å². The number of esters is 3. The van der Waals surface area contributed by atoms with Gasteiger partial charge in [-0.05, 0) is 71.8 Å². The lowest BCUT2D eigenvalue weighted by molar-refractivity contribution is -0.146. The van der Waals surface area contributed by atoms with Crippen LogP contribution >= 0.6 is 0 Å². The minimum atomic E-state index is -1.01. The Morgan fingerprint density at radius 2 is 1.00 bits per heavy atom. The van der Waals surface area contributed by atoms with Crippen molar-refractivity contribution >= 4 is 23.7 Å². The van der Waals surface area contributed by atoms with Crippen LogP contribution in [0.4, 0.5) is 0 Å². The number of rotatable bonds is 11. The van der Waals surface area contributed by atoms with Crippen molar-refractivity contribution in [3.8, 4) is 28.7 Å². The molecule has 0 aliphatic heterocycles. The van der Waals surface area contributed by atoms with E-state index >= 15 is 0 Å². The fraction of sp³-hybridized carbons (Fsp3) is 0.125. The molecule has 0 bridgehead atoms. The average Bonchev–Trinajstić information content (AvgIpc) is 2.96. The number of hydrogen-bond donors (Lipinski definition) is 2. The largest absolute Gasteiger partial charge is 0.508 e. The number of benzene rings is 4. The van der Waals surface area contributed by atoms with Crippen LogP contribution in [-0.2, 0) is 25.6 Å². The zero-order valence-corrected chi connectivity index (χ0v) is 21.8. The van der Waals surface area contributed by atoms with Crippen molar-refractivity contribution in [2.24, 2.45) is 0 Å². The van der Waals surface area contributed by atoms with E-state index in [1.54, 1.807) is 36.4 Å². The van der Waals surface area contributed by atoms with Crippen molar-refractivity contribution in [3.05, 3.63) is 114 Å². The van der Waals surface area contributed by atoms with Crippen LogP contribution in [0.3, 0.4) is 0 Å². The normalized spacial score (nSPS) is 11.2. The molecule has 0 aliphatic carbocycles. The lowest BCUT2D eigenvalue weighted by atomic mass is 9.92. The molecule has 0 heterocycles. The van der Waals surface area contributed by atoms with E-state index in [0.29, 0.717) is 11.1 Å². The van der Waals surface area contributed by atoms with Crippen molar-refractivity contribution in [3.63, 3.8) is 0 Å². The molecule has 208 valence electrons. The number of phenols is 2. The Morgan fingerprint density at radius 3 is 1.51 bits per heavy atom. The lowest BCUT2D eigenvalue weighted by Crippen LogP contribution is -2.22. The van der Waals surface area contributed by atoms with E-state index in [2.05, 4.69) is 0 Å². The number of carbonyl (C=O) groups is 4. The van der Waals surface area contributed by atoms with Crippen LogP contribution in [0.1, 0.15) is 29.9 Å². The van der Waals surface area contributed by atoms with Gasteiger partial charge in [-0.25, -0.2) is 4.79 Å². The SMILES string of the molecule is O=C(CC(CC(=O)Oc1ccc(OC(=O)C(=O)Cc2ccccc2)cc1)c1ccc(O)cc1)Oc1ccc(O)cc1. The van der Waals surface area contributed by atoms with Gasteiger partial charge in [-0.1, -0.05) is 42.5 Å². The molecule has 0 saturated carbocycles. The number of phenolic OH excluding ortho intramolecular Hbond substituents is 2. The molecule has 0 fully saturated rings. The Kier molecular flexibility index (Phi) is 9.45. The molecule has 9 heteroatoms. The van der Waals surface area contributed by atoms with Gasteiger partial charge in [0.2, 0.25) is 5.78 Å². The summed E-state index contributed by atoms with van der Waals surface area (Å²) in [6.45, 7) is 0. The second kappa shape index (κ2) is 13.6. The number of aromatic hydroxyl groups is 2. The maximum Gasteiger partial charge on any atom is 0.380 e. The minimum absolute atomic E-state index is 0.0252. The summed E-state index contributed by atoms with van der Waals surface area (Å²) in [5.74, 6) is -2.99. The number of carbonyl (C=O) groups excluding carboxylic acids is 4. The minimum Gasteiger partial charge on any atom is -0.508 e. The Balaban J connectivity index is 1.34. The zero-order chi connectivity index (χ0) is 29.2. The summed E-state index contributed by atoms with van der Waals surface area (Å²) in [6.07, 6.45) is -0.424. The zero-order valence-electron chi connectivity index (χ0n) is 21.8. The summed E-state index contributed by atoms with van der Waals surface area (Å²) >= 11 is 0. The van der Waals surface area contributed by atoms with Gasteiger partial charge in [-0.15, -0.1) is 0 Å². The van der Waals surface area contributed by atoms with Gasteiger partial charge in [0.05, 0.1) is 12.8 Å². The molecule has 0 spiro atoms. The van der Waals surface area contributed by atoms with E-state index in [-0.39, 0.29) is 48.0 Å². The maximum atomic E-state index is 12.8. The highest BCUT2D eigenvalue weighted by Gasteiger charge is 2.23. The molecule has 1 unspecified atom stereocenters. The molecule has 0 aromatic heterocycles. The first-order chi connectivity index (χ1) is 19.7. The Morgan fingerprint density at radius 1 is 0.561 bits per heavy atom. The van der Waals surface area contributed by atoms with Crippen molar-refractivity contribution in [2.75, 3.05) is 0 Å². The topological polar surface area (TPSA) is 136 Å². The third-order valence-corrected chi connectivity index (χ3v) is 5.96. The fourth-order valence-electron chi connectivity index (χ4n) is 3.91. The standard InChI is InChI=1S/C32H26O9/c33-24-8-6-22(7-9-24)23(19-30(36)39-26-12-10-25(34)11-13-26)20-31(37)40-27-14-16-28(17-15-27)41-32(38)29(35)18-21-4-2-1-3-5-21/h1-17,23,33-34H,18-20H2. The summed E-state index contributed by atoms with van der Waals surface area (Å²) in [4.78, 5) is 49.7. The highest BCUT2D eigenvalue weighted by atomic mass is 16.5. The van der Waals surface area contributed by atoms with E-state index in [9.17, 15) is 29.4 Å². The summed E-state index contributed by atoms with van der Waals surface area (Å²) < 4.78 is 15.9. The van der Waals surface area contributed by atoms with Crippen LogP contribution in [0.2, 0.25) is 0 Å². The van der Waals surface area contributed by atoms with Gasteiger partial charge in [0, 0.05) is 12.3 Å². The van der Waals surface area contributed by atoms with Crippen LogP contribution in [0.25, 0.3) is 0 Å². The predicted molar refractivity (Wildman–Crippen MR) is 147 cm³/mol. The Hall–Kier alpha value is -5.44. The van der Waals surface area contributed by atoms with Gasteiger partial charge in [-0.2, -0.15) is 0 Å². The van der Waals surface area contributed by atoms with Crippen LogP contribution in [0.15, 0.2) is 103 Å². The maximum absolute atomic E-state index is 12.8. The van der Waals surface area contributed by atoms with E-state index in [0.717, 1.165) is 0 Å². The molecule has 0 aliphatic rings. The summed E-state index contributed by atoms with van der Waals surface area (Å²) in [5, 5.41) is 19.0. The number of hydrogen-bond acceptors (Lipinski definition) is 9. The second-order valence-electron chi connectivity index (χ2n) is 9.09. The van der Waals surface area contributed by atoms with Gasteiger partial charge in [0.25, 0.3) is 0 Å². The highest BCUT2D eigenvalue weighted by Crippen LogP contribution is 2.28. The Bertz CT molecular complexity index is 1490. The quantitative estimate of drug-likeness (QED) is 0.151. The van der Waals surface area contributed by atoms with Gasteiger partial charge < -0.3 is 24.4 Å². The predicted octanol–water partition coefficient (Wildman–Crippen LogP) is 4.89. The Labute approximate surface area is 235 Å². The molecule has 41 heavy (non-hydrogen) atoms. The third-order valence-electron chi connectivity index (χ3n) is 5.96. The molecule has 4 aromatic rings. The molecule has 0 radical (unpaired) electrons. The monoisotopic (exact) mass is 554 g/mol. The smallest absolute Gasteiger partial charge is 0.380 e. The molecule has 0 amide bonds. The van der Waals surface area contributed by atoms with Crippen molar-refractivity contribution < 1.29 is 43.6 Å². The molecule has 0 saturated heterocycles. The first kappa shape index (κ1) is 28.6. The molecule has 9 nitrogen and oxygen atoms in total. The summed E-state index contributed by atoms with van der Waals surface area (Å²) in [5.41, 5.74) is 1.31. The van der Waals surface area contributed by atoms with E-state index in [4.69, 9.17) is 14.2 Å². The van der Waals surface area contributed by atoms with E-state index < -0.39 is 29.6 Å². The van der Waals surface area contributed by atoms with E-state index in [1.165, 1.54) is 60.7 Å². The van der Waals surface area contributed by atoms with Gasteiger partial charge in [-0.3, -0.25) is 14.4 Å². The molecule has 1 atom stereocenters. The van der Waals surface area contributed by atoms with Crippen LogP contribution in [-0.4, -0.2) is 33.9 Å². The first-order valence-electron chi connectivity index (χ1n) is 12.6. The fourth-order valence-corrected chi connectivity index (χ4v) is 3.91. The van der Waals surface area contributed by atoms with Gasteiger partial charge in [0.15, 0.2) is 0 Å². The molecule has 2 N–H and O–H groups in total.